The summed E-state index contributed by atoms with van der Waals surface area (Å²) in [6, 6.07) is 29.1. The molecule has 3 N–H and O–H groups in total. The number of hydrogen-bond donors (Lipinski definition) is 3. The number of anilines is 2. The monoisotopic (exact) mass is 649 g/mol. The summed E-state index contributed by atoms with van der Waals surface area (Å²) in [5, 5.41) is 19.0. The Morgan fingerprint density at radius 3 is 2.32 bits per heavy atom. The smallest absolute Gasteiger partial charge is 0.248 e. The highest BCUT2D eigenvalue weighted by Crippen LogP contribution is 2.71. The van der Waals surface area contributed by atoms with Gasteiger partial charge in [-0.05, 0) is 85.8 Å². The van der Waals surface area contributed by atoms with Crippen LogP contribution in [0.25, 0.3) is 10.8 Å². The first kappa shape index (κ1) is 31.3. The number of aliphatic hydroxyl groups is 1. The number of aliphatic hydroxyl groups excluding tert-OH is 1. The van der Waals surface area contributed by atoms with E-state index in [1.807, 2.05) is 91.9 Å². The number of nitrogens with zero attached hydrogens (tertiary/aromatic N) is 1. The van der Waals surface area contributed by atoms with Crippen molar-refractivity contribution in [3.8, 4) is 5.75 Å². The molecule has 7 rings (SSSR count). The van der Waals surface area contributed by atoms with E-state index in [1.54, 1.807) is 28.8 Å². The summed E-state index contributed by atoms with van der Waals surface area (Å²) < 4.78 is 4.20. The van der Waals surface area contributed by atoms with Crippen LogP contribution in [-0.2, 0) is 20.8 Å². The van der Waals surface area contributed by atoms with Crippen LogP contribution in [0, 0.1) is 11.8 Å². The summed E-state index contributed by atoms with van der Waals surface area (Å²) in [6.07, 6.45) is 1.70. The van der Waals surface area contributed by atoms with Gasteiger partial charge in [0.05, 0.1) is 35.8 Å². The molecule has 8 nitrogen and oxygen atoms in total. The Morgan fingerprint density at radius 2 is 1.60 bits per heavy atom. The third-order valence-corrected chi connectivity index (χ3v) is 12.1. The van der Waals surface area contributed by atoms with Crippen LogP contribution >= 0.6 is 11.8 Å². The molecule has 3 saturated heterocycles. The number of nitrogens with one attached hydrogen (secondary N) is 2. The predicted molar refractivity (Wildman–Crippen MR) is 185 cm³/mol. The first-order chi connectivity index (χ1) is 22.8. The summed E-state index contributed by atoms with van der Waals surface area (Å²) in [6.45, 7) is 4.20. The zero-order chi connectivity index (χ0) is 32.8. The molecular formula is C38H39N3O5S. The third-order valence-electron chi connectivity index (χ3n) is 10.1. The first-order valence-corrected chi connectivity index (χ1v) is 17.1. The van der Waals surface area contributed by atoms with Gasteiger partial charge >= 0.3 is 0 Å². The minimum atomic E-state index is -0.873. The van der Waals surface area contributed by atoms with E-state index in [9.17, 15) is 19.5 Å². The van der Waals surface area contributed by atoms with Gasteiger partial charge in [-0.25, -0.2) is 0 Å². The maximum Gasteiger partial charge on any atom is 0.248 e. The van der Waals surface area contributed by atoms with Crippen molar-refractivity contribution in [1.82, 2.24) is 4.90 Å². The lowest BCUT2D eigenvalue weighted by atomic mass is 9.66. The molecule has 47 heavy (non-hydrogen) atoms. The molecule has 4 aromatic rings. The zero-order valence-corrected chi connectivity index (χ0v) is 27.3. The maximum absolute atomic E-state index is 14.8. The van der Waals surface area contributed by atoms with Crippen molar-refractivity contribution in [2.75, 3.05) is 23.8 Å². The number of rotatable bonds is 10. The van der Waals surface area contributed by atoms with Gasteiger partial charge in [0.1, 0.15) is 11.8 Å². The number of benzene rings is 4. The summed E-state index contributed by atoms with van der Waals surface area (Å²) in [7, 11) is 0. The van der Waals surface area contributed by atoms with Gasteiger partial charge in [-0.2, -0.15) is 0 Å². The van der Waals surface area contributed by atoms with Crippen LogP contribution in [0.5, 0.6) is 5.75 Å². The van der Waals surface area contributed by atoms with Crippen molar-refractivity contribution in [3.05, 3.63) is 103 Å². The number of likely N-dealkylation sites (tertiary alicyclic amines) is 1. The summed E-state index contributed by atoms with van der Waals surface area (Å²) in [4.78, 5) is 45.1. The highest BCUT2D eigenvalue weighted by atomic mass is 32.2. The Hall–Kier alpha value is -4.34. The molecule has 1 spiro atoms. The van der Waals surface area contributed by atoms with Crippen molar-refractivity contribution >= 4 is 51.6 Å². The number of thioether (sulfide) groups is 1. The molecule has 0 aromatic heterocycles. The molecule has 2 unspecified atom stereocenters. The highest BCUT2D eigenvalue weighted by Gasteiger charge is 2.77. The Morgan fingerprint density at radius 1 is 0.915 bits per heavy atom. The van der Waals surface area contributed by atoms with E-state index in [4.69, 9.17) is 4.74 Å². The van der Waals surface area contributed by atoms with Crippen LogP contribution in [0.4, 0.5) is 11.4 Å². The highest BCUT2D eigenvalue weighted by molar-refractivity contribution is 8.02. The minimum Gasteiger partial charge on any atom is -0.494 e. The molecule has 242 valence electrons. The first-order valence-electron chi connectivity index (χ1n) is 16.3. The Labute approximate surface area is 278 Å². The third kappa shape index (κ3) is 5.45. The largest absolute Gasteiger partial charge is 0.494 e. The van der Waals surface area contributed by atoms with E-state index in [0.29, 0.717) is 43.0 Å². The molecule has 9 heteroatoms. The van der Waals surface area contributed by atoms with E-state index in [2.05, 4.69) is 17.6 Å². The Balaban J connectivity index is 1.24. The summed E-state index contributed by atoms with van der Waals surface area (Å²) >= 11 is 1.61. The van der Waals surface area contributed by atoms with E-state index in [0.717, 1.165) is 16.3 Å². The lowest BCUT2D eigenvalue weighted by Crippen LogP contribution is -2.55. The van der Waals surface area contributed by atoms with Crippen molar-refractivity contribution < 1.29 is 24.2 Å². The number of hydrogen-bond acceptors (Lipinski definition) is 6. The number of carbonyl (C=O) groups is 3. The van der Waals surface area contributed by atoms with Gasteiger partial charge in [-0.15, -0.1) is 11.8 Å². The minimum absolute atomic E-state index is 0.233. The van der Waals surface area contributed by atoms with Crippen molar-refractivity contribution in [2.24, 2.45) is 11.8 Å². The number of ether oxygens (including phenoxy) is 1. The van der Waals surface area contributed by atoms with Crippen molar-refractivity contribution in [2.45, 2.75) is 54.7 Å². The average molecular weight is 650 g/mol. The molecular weight excluding hydrogens is 611 g/mol. The van der Waals surface area contributed by atoms with Crippen LogP contribution < -0.4 is 15.4 Å². The second kappa shape index (κ2) is 12.4. The van der Waals surface area contributed by atoms with Gasteiger partial charge < -0.3 is 25.4 Å². The van der Waals surface area contributed by atoms with Gasteiger partial charge in [-0.3, -0.25) is 14.4 Å². The van der Waals surface area contributed by atoms with E-state index < -0.39 is 33.4 Å². The molecule has 0 saturated carbocycles. The molecule has 6 atom stereocenters. The molecule has 4 aromatic carbocycles. The normalized spacial score (nSPS) is 26.7. The lowest BCUT2D eigenvalue weighted by molar-refractivity contribution is -0.141. The SMILES string of the molecule is CCOc1ccc(NC(=O)[C@H]2[C@H]3C(=O)N([C@@H](CO)Cc4ccccc4)C(C(=O)Nc4ccc5ccccc5c4)C34CC[C@]2(C)S4)cc1. The molecule has 0 radical (unpaired) electrons. The quantitative estimate of drug-likeness (QED) is 0.198. The molecule has 3 heterocycles. The van der Waals surface area contributed by atoms with Crippen LogP contribution in [0.15, 0.2) is 97.1 Å². The van der Waals surface area contributed by atoms with Crippen LogP contribution in [0.3, 0.4) is 0 Å². The second-order valence-electron chi connectivity index (χ2n) is 13.0. The standard InChI is InChI=1S/C38H39N3O5S/c1-3-46-30-17-15-27(16-18-30)39-34(43)31-32-36(45)41(29(23-42)21-24-9-5-4-6-10-24)33(38(32)20-19-37(31,2)47-38)35(44)40-28-14-13-25-11-7-8-12-26(25)22-28/h4-18,22,29,31-33,42H,3,19-21,23H2,1-2H3,(H,39,43)(H,40,44)/t29-,31-,32+,33?,37+,38?/m1/s1. The molecule has 3 aliphatic rings. The topological polar surface area (TPSA) is 108 Å². The van der Waals surface area contributed by atoms with Gasteiger partial charge in [0, 0.05) is 16.1 Å². The molecule has 3 amide bonds. The Kier molecular flexibility index (Phi) is 8.22. The second-order valence-corrected chi connectivity index (χ2v) is 14.9. The fraction of sp³-hybridized carbons (Fsp3) is 0.342. The van der Waals surface area contributed by atoms with Crippen molar-refractivity contribution in [3.63, 3.8) is 0 Å². The summed E-state index contributed by atoms with van der Waals surface area (Å²) in [5.41, 5.74) is 2.21. The molecule has 0 aliphatic carbocycles. The number of amides is 3. The van der Waals surface area contributed by atoms with Gasteiger partial charge in [0.2, 0.25) is 17.7 Å². The van der Waals surface area contributed by atoms with Gasteiger partial charge in [-0.1, -0.05) is 60.7 Å². The van der Waals surface area contributed by atoms with E-state index >= 15 is 0 Å². The number of carbonyl (C=O) groups excluding carboxylic acids is 3. The lowest BCUT2D eigenvalue weighted by Gasteiger charge is -2.37. The number of fused-ring (bicyclic) bond motifs is 2. The predicted octanol–water partition coefficient (Wildman–Crippen LogP) is 5.90. The van der Waals surface area contributed by atoms with E-state index in [1.165, 1.54) is 0 Å². The van der Waals surface area contributed by atoms with Crippen LogP contribution in [-0.4, -0.2) is 62.5 Å². The van der Waals surface area contributed by atoms with Crippen LogP contribution in [0.2, 0.25) is 0 Å². The van der Waals surface area contributed by atoms with Crippen LogP contribution in [0.1, 0.15) is 32.3 Å². The molecule has 2 bridgehead atoms. The molecule has 3 fully saturated rings. The van der Waals surface area contributed by atoms with Gasteiger partial charge in [0.15, 0.2) is 0 Å². The van der Waals surface area contributed by atoms with E-state index in [-0.39, 0.29) is 24.3 Å². The van der Waals surface area contributed by atoms with Gasteiger partial charge in [0.25, 0.3) is 0 Å². The summed E-state index contributed by atoms with van der Waals surface area (Å²) in [5.74, 6) is -1.44. The fourth-order valence-electron chi connectivity index (χ4n) is 8.09. The Bertz CT molecular complexity index is 1820. The van der Waals surface area contributed by atoms with Crippen molar-refractivity contribution in [1.29, 1.82) is 0 Å². The zero-order valence-electron chi connectivity index (χ0n) is 26.5. The molecule has 3 aliphatic heterocycles. The maximum atomic E-state index is 14.8. The fourth-order valence-corrected chi connectivity index (χ4v) is 10.4. The average Bonchev–Trinajstić information content (AvgIpc) is 3.65.